The topological polar surface area (TPSA) is 101 Å². The second-order valence-electron chi connectivity index (χ2n) is 7.14. The number of nitrogens with one attached hydrogen (secondary N) is 2. The Bertz CT molecular complexity index is 1210. The molecule has 0 bridgehead atoms. The van der Waals surface area contributed by atoms with Gasteiger partial charge in [-0.1, -0.05) is 24.3 Å². The van der Waals surface area contributed by atoms with Gasteiger partial charge in [-0.25, -0.2) is 13.5 Å². The normalized spacial score (nSPS) is 16.6. The lowest BCUT2D eigenvalue weighted by Crippen LogP contribution is -2.15. The van der Waals surface area contributed by atoms with E-state index < -0.39 is 26.5 Å². The van der Waals surface area contributed by atoms with Crippen molar-refractivity contribution in [2.24, 2.45) is 0 Å². The molecule has 3 aromatic rings. The lowest BCUT2D eigenvalue weighted by Gasteiger charge is -2.19. The molecule has 4 rings (SSSR count). The first-order chi connectivity index (χ1) is 14.1. The summed E-state index contributed by atoms with van der Waals surface area (Å²) in [5.74, 6) is -0.141. The van der Waals surface area contributed by atoms with Crippen LogP contribution in [0.3, 0.4) is 0 Å². The first-order valence-electron chi connectivity index (χ1n) is 9.10. The number of alkyl halides is 3. The highest BCUT2D eigenvalue weighted by molar-refractivity contribution is 7.91. The van der Waals surface area contributed by atoms with Crippen LogP contribution in [-0.2, 0) is 22.4 Å². The van der Waals surface area contributed by atoms with Gasteiger partial charge in [0.15, 0.2) is 15.7 Å². The molecule has 1 aliphatic carbocycles. The van der Waals surface area contributed by atoms with E-state index in [0.29, 0.717) is 17.5 Å². The predicted molar refractivity (Wildman–Crippen MR) is 103 cm³/mol. The molecule has 1 atom stereocenters. The summed E-state index contributed by atoms with van der Waals surface area (Å²) in [6.45, 7) is 0. The largest absolute Gasteiger partial charge is 0.417 e. The molecule has 11 heteroatoms. The Hall–Kier alpha value is -2.79. The lowest BCUT2D eigenvalue weighted by molar-refractivity contribution is -0.139. The molecule has 30 heavy (non-hydrogen) atoms. The highest BCUT2D eigenvalue weighted by Crippen LogP contribution is 2.46. The number of rotatable bonds is 4. The van der Waals surface area contributed by atoms with Crippen LogP contribution in [0.15, 0.2) is 35.2 Å². The maximum atomic E-state index is 13.7. The standard InChI is InChI=1S/C19H18F3N5O2S/c1-23-15-9-7-11-10(4-3-5-12(11)15)13-6-8-14(19(20,21)22)17(30(2,28)29)16(13)18-24-26-27-25-18/h3-6,8,15,23H,7,9H2,1-2H3,(H,24,25,26,27). The third-order valence-corrected chi connectivity index (χ3v) is 6.49. The molecule has 0 spiro atoms. The molecule has 0 amide bonds. The molecular formula is C19H18F3N5O2S. The van der Waals surface area contributed by atoms with E-state index in [-0.39, 0.29) is 17.4 Å². The quantitative estimate of drug-likeness (QED) is 0.650. The minimum Gasteiger partial charge on any atom is -0.313 e. The third-order valence-electron chi connectivity index (χ3n) is 5.33. The van der Waals surface area contributed by atoms with Crippen LogP contribution in [0.1, 0.15) is 29.2 Å². The van der Waals surface area contributed by atoms with Gasteiger partial charge in [-0.2, -0.15) is 13.2 Å². The van der Waals surface area contributed by atoms with E-state index >= 15 is 0 Å². The Morgan fingerprint density at radius 2 is 1.93 bits per heavy atom. The number of nitrogens with zero attached hydrogens (tertiary/aromatic N) is 3. The van der Waals surface area contributed by atoms with Crippen LogP contribution in [0, 0.1) is 0 Å². The molecular weight excluding hydrogens is 419 g/mol. The zero-order valence-corrected chi connectivity index (χ0v) is 16.9. The minimum absolute atomic E-state index is 0.124. The van der Waals surface area contributed by atoms with Gasteiger partial charge >= 0.3 is 6.18 Å². The number of aromatic nitrogens is 4. The Labute approximate surface area is 170 Å². The number of hydrogen-bond donors (Lipinski definition) is 2. The SMILES string of the molecule is CNC1CCc2c(-c3ccc(C(F)(F)F)c(S(C)(=O)=O)c3-c3nnn[nH]3)cccc21. The van der Waals surface area contributed by atoms with E-state index in [1.165, 1.54) is 6.07 Å². The Balaban J connectivity index is 2.11. The van der Waals surface area contributed by atoms with Crippen molar-refractivity contribution < 1.29 is 21.6 Å². The molecule has 0 radical (unpaired) electrons. The average Bonchev–Trinajstić information content (AvgIpc) is 3.34. The second-order valence-corrected chi connectivity index (χ2v) is 9.09. The summed E-state index contributed by atoms with van der Waals surface area (Å²) in [4.78, 5) is -0.841. The number of tetrazole rings is 1. The van der Waals surface area contributed by atoms with Crippen molar-refractivity contribution in [1.82, 2.24) is 25.9 Å². The van der Waals surface area contributed by atoms with Crippen molar-refractivity contribution in [2.45, 2.75) is 30.0 Å². The van der Waals surface area contributed by atoms with Crippen LogP contribution >= 0.6 is 0 Å². The average molecular weight is 437 g/mol. The van der Waals surface area contributed by atoms with E-state index in [1.54, 1.807) is 6.07 Å². The minimum atomic E-state index is -4.87. The van der Waals surface area contributed by atoms with E-state index in [0.717, 1.165) is 29.9 Å². The lowest BCUT2D eigenvalue weighted by atomic mass is 9.91. The number of hydrogen-bond acceptors (Lipinski definition) is 6. The molecule has 1 aromatic heterocycles. The van der Waals surface area contributed by atoms with Gasteiger partial charge in [0.05, 0.1) is 10.5 Å². The fourth-order valence-electron chi connectivity index (χ4n) is 4.12. The molecule has 2 aromatic carbocycles. The van der Waals surface area contributed by atoms with Crippen LogP contribution in [0.4, 0.5) is 13.2 Å². The van der Waals surface area contributed by atoms with E-state index in [4.69, 9.17) is 0 Å². The van der Waals surface area contributed by atoms with Crippen LogP contribution in [-0.4, -0.2) is 42.3 Å². The number of H-pyrrole nitrogens is 1. The van der Waals surface area contributed by atoms with Gasteiger partial charge in [0.1, 0.15) is 0 Å². The number of fused-ring (bicyclic) bond motifs is 1. The van der Waals surface area contributed by atoms with E-state index in [2.05, 4.69) is 25.9 Å². The van der Waals surface area contributed by atoms with Crippen LogP contribution in [0.5, 0.6) is 0 Å². The number of aromatic amines is 1. The molecule has 7 nitrogen and oxygen atoms in total. The van der Waals surface area contributed by atoms with Crippen LogP contribution in [0.2, 0.25) is 0 Å². The van der Waals surface area contributed by atoms with Crippen LogP contribution in [0.25, 0.3) is 22.5 Å². The Morgan fingerprint density at radius 1 is 1.17 bits per heavy atom. The van der Waals surface area contributed by atoms with Crippen molar-refractivity contribution in [3.63, 3.8) is 0 Å². The Kier molecular flexibility index (Phi) is 4.89. The molecule has 1 heterocycles. The van der Waals surface area contributed by atoms with Crippen molar-refractivity contribution in [2.75, 3.05) is 13.3 Å². The maximum Gasteiger partial charge on any atom is 0.417 e. The van der Waals surface area contributed by atoms with Crippen molar-refractivity contribution >= 4 is 9.84 Å². The molecule has 158 valence electrons. The fraction of sp³-hybridized carbons (Fsp3) is 0.316. The molecule has 2 N–H and O–H groups in total. The first-order valence-corrected chi connectivity index (χ1v) is 11.0. The highest BCUT2D eigenvalue weighted by atomic mass is 32.2. The summed E-state index contributed by atoms with van der Waals surface area (Å²) in [7, 11) is -2.44. The molecule has 0 fully saturated rings. The summed E-state index contributed by atoms with van der Waals surface area (Å²) in [5.41, 5.74) is 1.56. The molecule has 0 saturated carbocycles. The first kappa shape index (κ1) is 20.5. The number of benzene rings is 2. The number of halogens is 3. The predicted octanol–water partition coefficient (Wildman–Crippen LogP) is 3.16. The summed E-state index contributed by atoms with van der Waals surface area (Å²) in [5, 5.41) is 16.3. The van der Waals surface area contributed by atoms with Gasteiger partial charge in [0.2, 0.25) is 0 Å². The van der Waals surface area contributed by atoms with Crippen molar-refractivity contribution in [3.05, 3.63) is 47.0 Å². The molecule has 0 aliphatic heterocycles. The summed E-state index contributed by atoms with van der Waals surface area (Å²) in [6.07, 6.45) is -2.57. The van der Waals surface area contributed by atoms with Gasteiger partial charge in [0, 0.05) is 17.9 Å². The van der Waals surface area contributed by atoms with Crippen LogP contribution < -0.4 is 5.32 Å². The number of sulfone groups is 1. The van der Waals surface area contributed by atoms with Gasteiger partial charge in [-0.3, -0.25) is 0 Å². The summed E-state index contributed by atoms with van der Waals surface area (Å²) in [6, 6.07) is 7.77. The fourth-order valence-corrected chi connectivity index (χ4v) is 5.28. The summed E-state index contributed by atoms with van der Waals surface area (Å²) >= 11 is 0. The van der Waals surface area contributed by atoms with Gasteiger partial charge < -0.3 is 5.32 Å². The Morgan fingerprint density at radius 3 is 2.53 bits per heavy atom. The zero-order valence-electron chi connectivity index (χ0n) is 16.1. The van der Waals surface area contributed by atoms with Crippen molar-refractivity contribution in [3.8, 4) is 22.5 Å². The monoisotopic (exact) mass is 437 g/mol. The van der Waals surface area contributed by atoms with Gasteiger partial charge in [-0.05, 0) is 58.6 Å². The maximum absolute atomic E-state index is 13.7. The zero-order chi connectivity index (χ0) is 21.7. The second kappa shape index (κ2) is 7.17. The van der Waals surface area contributed by atoms with Gasteiger partial charge in [0.25, 0.3) is 0 Å². The molecule has 1 unspecified atom stereocenters. The van der Waals surface area contributed by atoms with E-state index in [1.807, 2.05) is 19.2 Å². The molecule has 0 saturated heterocycles. The summed E-state index contributed by atoms with van der Waals surface area (Å²) < 4.78 is 66.2. The highest BCUT2D eigenvalue weighted by Gasteiger charge is 2.39. The molecule has 1 aliphatic rings. The smallest absolute Gasteiger partial charge is 0.313 e. The van der Waals surface area contributed by atoms with Crippen molar-refractivity contribution in [1.29, 1.82) is 0 Å². The third kappa shape index (κ3) is 3.37. The van der Waals surface area contributed by atoms with Gasteiger partial charge in [-0.15, -0.1) is 5.10 Å². The van der Waals surface area contributed by atoms with E-state index in [9.17, 15) is 21.6 Å².